The highest BCUT2D eigenvalue weighted by Crippen LogP contribution is 2.32. The van der Waals surface area contributed by atoms with Crippen LogP contribution in [0.5, 0.6) is 0 Å². The molecule has 130 valence electrons. The lowest BCUT2D eigenvalue weighted by molar-refractivity contribution is -0.140. The van der Waals surface area contributed by atoms with Gasteiger partial charge in [0.05, 0.1) is 17.9 Å². The number of fused-ring (bicyclic) bond motifs is 2. The van der Waals surface area contributed by atoms with Crippen LogP contribution < -0.4 is 5.56 Å². The van der Waals surface area contributed by atoms with E-state index in [2.05, 4.69) is 14.9 Å². The summed E-state index contributed by atoms with van der Waals surface area (Å²) in [7, 11) is 0. The second kappa shape index (κ2) is 6.67. The summed E-state index contributed by atoms with van der Waals surface area (Å²) in [5.74, 6) is 0.447. The molecule has 2 atom stereocenters. The zero-order chi connectivity index (χ0) is 16.5. The third kappa shape index (κ3) is 2.88. The molecule has 0 aromatic carbocycles. The maximum atomic E-state index is 13.2. The van der Waals surface area contributed by atoms with Gasteiger partial charge in [-0.2, -0.15) is 0 Å². The molecule has 2 saturated heterocycles. The van der Waals surface area contributed by atoms with Gasteiger partial charge in [0, 0.05) is 31.1 Å². The summed E-state index contributed by atoms with van der Waals surface area (Å²) in [6.45, 7) is 3.63. The molecule has 4 heterocycles. The standard InChI is InChI=1S/C18H26N4O2/c23-17-13-6-10-22(11-7-15(13)19-12-20-17)18(24)14-4-3-9-21-8-2-1-5-16(14)21/h12,14,16H,1-11H2,(H,19,20,23)/t14-,16-/m1/s1. The minimum absolute atomic E-state index is 0.0505. The van der Waals surface area contributed by atoms with Crippen molar-refractivity contribution in [3.05, 3.63) is 27.9 Å². The number of aromatic nitrogens is 2. The molecule has 1 N–H and O–H groups in total. The summed E-state index contributed by atoms with van der Waals surface area (Å²) in [5, 5.41) is 0. The van der Waals surface area contributed by atoms with Gasteiger partial charge in [0.1, 0.15) is 0 Å². The van der Waals surface area contributed by atoms with Crippen molar-refractivity contribution >= 4 is 5.91 Å². The maximum Gasteiger partial charge on any atom is 0.254 e. The molecule has 2 fully saturated rings. The number of carbonyl (C=O) groups excluding carboxylic acids is 1. The number of aromatic amines is 1. The minimum atomic E-state index is -0.0505. The van der Waals surface area contributed by atoms with E-state index in [1.807, 2.05) is 4.90 Å². The largest absolute Gasteiger partial charge is 0.342 e. The summed E-state index contributed by atoms with van der Waals surface area (Å²) < 4.78 is 0. The van der Waals surface area contributed by atoms with Crippen LogP contribution >= 0.6 is 0 Å². The number of nitrogens with one attached hydrogen (secondary N) is 1. The fourth-order valence-corrected chi connectivity index (χ4v) is 4.74. The zero-order valence-corrected chi connectivity index (χ0v) is 14.2. The number of piperidine rings is 2. The molecule has 0 saturated carbocycles. The fraction of sp³-hybridized carbons (Fsp3) is 0.722. The predicted octanol–water partition coefficient (Wildman–Crippen LogP) is 0.962. The highest BCUT2D eigenvalue weighted by Gasteiger charge is 2.39. The van der Waals surface area contributed by atoms with Gasteiger partial charge in [-0.25, -0.2) is 4.98 Å². The molecule has 1 amide bonds. The molecular formula is C18H26N4O2. The minimum Gasteiger partial charge on any atom is -0.342 e. The Morgan fingerprint density at radius 1 is 1.08 bits per heavy atom. The number of nitrogens with zero attached hydrogens (tertiary/aromatic N) is 3. The summed E-state index contributed by atoms with van der Waals surface area (Å²) >= 11 is 0. The van der Waals surface area contributed by atoms with Crippen LogP contribution in [0.15, 0.2) is 11.1 Å². The molecule has 0 spiro atoms. The highest BCUT2D eigenvalue weighted by atomic mass is 16.2. The number of carbonyl (C=O) groups is 1. The van der Waals surface area contributed by atoms with Crippen molar-refractivity contribution in [1.29, 1.82) is 0 Å². The molecule has 0 bridgehead atoms. The Kier molecular flexibility index (Phi) is 4.39. The van der Waals surface area contributed by atoms with E-state index in [1.54, 1.807) is 0 Å². The van der Waals surface area contributed by atoms with Crippen LogP contribution in [0, 0.1) is 5.92 Å². The zero-order valence-electron chi connectivity index (χ0n) is 14.2. The number of hydrogen-bond donors (Lipinski definition) is 1. The Hall–Kier alpha value is -1.69. The normalized spacial score (nSPS) is 27.9. The lowest BCUT2D eigenvalue weighted by Crippen LogP contribution is -2.53. The van der Waals surface area contributed by atoms with E-state index in [-0.39, 0.29) is 11.5 Å². The van der Waals surface area contributed by atoms with Crippen LogP contribution in [0.4, 0.5) is 0 Å². The fourth-order valence-electron chi connectivity index (χ4n) is 4.74. The van der Waals surface area contributed by atoms with E-state index in [0.29, 0.717) is 37.9 Å². The molecule has 0 radical (unpaired) electrons. The summed E-state index contributed by atoms with van der Waals surface area (Å²) in [6.07, 6.45) is 8.59. The first-order valence-electron chi connectivity index (χ1n) is 9.32. The third-order valence-electron chi connectivity index (χ3n) is 6.01. The smallest absolute Gasteiger partial charge is 0.254 e. The lowest BCUT2D eigenvalue weighted by atomic mass is 9.82. The molecule has 0 unspecified atom stereocenters. The van der Waals surface area contributed by atoms with Gasteiger partial charge in [0.2, 0.25) is 5.91 Å². The van der Waals surface area contributed by atoms with Gasteiger partial charge in [0.25, 0.3) is 5.56 Å². The molecule has 1 aromatic rings. The second-order valence-electron chi connectivity index (χ2n) is 7.33. The molecular weight excluding hydrogens is 304 g/mol. The Bertz CT molecular complexity index is 669. The summed E-state index contributed by atoms with van der Waals surface area (Å²) in [6, 6.07) is 0.437. The first kappa shape index (κ1) is 15.8. The van der Waals surface area contributed by atoms with Gasteiger partial charge in [-0.15, -0.1) is 0 Å². The highest BCUT2D eigenvalue weighted by molar-refractivity contribution is 5.80. The molecule has 3 aliphatic heterocycles. The molecule has 6 nitrogen and oxygen atoms in total. The quantitative estimate of drug-likeness (QED) is 0.833. The molecule has 3 aliphatic rings. The van der Waals surface area contributed by atoms with E-state index < -0.39 is 0 Å². The van der Waals surface area contributed by atoms with E-state index in [9.17, 15) is 9.59 Å². The van der Waals surface area contributed by atoms with Crippen LogP contribution in [0.25, 0.3) is 0 Å². The molecule has 1 aromatic heterocycles. The van der Waals surface area contributed by atoms with Gasteiger partial charge in [-0.05, 0) is 45.2 Å². The van der Waals surface area contributed by atoms with Crippen LogP contribution in [0.1, 0.15) is 43.4 Å². The van der Waals surface area contributed by atoms with E-state index in [0.717, 1.165) is 43.6 Å². The Balaban J connectivity index is 1.49. The average molecular weight is 330 g/mol. The average Bonchev–Trinajstić information content (AvgIpc) is 2.84. The Morgan fingerprint density at radius 2 is 1.92 bits per heavy atom. The Labute approximate surface area is 142 Å². The van der Waals surface area contributed by atoms with Gasteiger partial charge in [0.15, 0.2) is 0 Å². The second-order valence-corrected chi connectivity index (χ2v) is 7.33. The monoisotopic (exact) mass is 330 g/mol. The number of H-pyrrole nitrogens is 1. The number of amides is 1. The first-order chi connectivity index (χ1) is 11.7. The van der Waals surface area contributed by atoms with Crippen molar-refractivity contribution in [3.8, 4) is 0 Å². The van der Waals surface area contributed by atoms with Crippen molar-refractivity contribution in [2.24, 2.45) is 5.92 Å². The van der Waals surface area contributed by atoms with Crippen molar-refractivity contribution in [2.75, 3.05) is 26.2 Å². The van der Waals surface area contributed by atoms with Gasteiger partial charge < -0.3 is 9.88 Å². The Morgan fingerprint density at radius 3 is 2.83 bits per heavy atom. The van der Waals surface area contributed by atoms with Crippen molar-refractivity contribution in [1.82, 2.24) is 19.8 Å². The van der Waals surface area contributed by atoms with Crippen LogP contribution in [0.2, 0.25) is 0 Å². The van der Waals surface area contributed by atoms with Crippen molar-refractivity contribution in [2.45, 2.75) is 51.0 Å². The van der Waals surface area contributed by atoms with Gasteiger partial charge >= 0.3 is 0 Å². The molecule has 0 aliphatic carbocycles. The lowest BCUT2D eigenvalue weighted by Gasteiger charge is -2.44. The molecule has 6 heteroatoms. The van der Waals surface area contributed by atoms with Crippen LogP contribution in [0.3, 0.4) is 0 Å². The van der Waals surface area contributed by atoms with E-state index >= 15 is 0 Å². The molecule has 4 rings (SSSR count). The van der Waals surface area contributed by atoms with Gasteiger partial charge in [-0.1, -0.05) is 6.42 Å². The van der Waals surface area contributed by atoms with Gasteiger partial charge in [-0.3, -0.25) is 14.5 Å². The number of rotatable bonds is 1. The number of hydrogen-bond acceptors (Lipinski definition) is 4. The SMILES string of the molecule is O=C([C@@H]1CCCN2CCCC[C@H]12)N1CCc2nc[nH]c(=O)c2CC1. The predicted molar refractivity (Wildman–Crippen MR) is 90.8 cm³/mol. The first-order valence-corrected chi connectivity index (χ1v) is 9.32. The van der Waals surface area contributed by atoms with Crippen molar-refractivity contribution < 1.29 is 4.79 Å². The summed E-state index contributed by atoms with van der Waals surface area (Å²) in [4.78, 5) is 36.7. The van der Waals surface area contributed by atoms with E-state index in [4.69, 9.17) is 0 Å². The van der Waals surface area contributed by atoms with Crippen molar-refractivity contribution in [3.63, 3.8) is 0 Å². The maximum absolute atomic E-state index is 13.2. The third-order valence-corrected chi connectivity index (χ3v) is 6.01. The van der Waals surface area contributed by atoms with Crippen LogP contribution in [-0.2, 0) is 17.6 Å². The van der Waals surface area contributed by atoms with Crippen LogP contribution in [-0.4, -0.2) is 57.9 Å². The topological polar surface area (TPSA) is 69.3 Å². The summed E-state index contributed by atoms with van der Waals surface area (Å²) in [5.41, 5.74) is 1.57. The molecule has 24 heavy (non-hydrogen) atoms. The van der Waals surface area contributed by atoms with E-state index in [1.165, 1.54) is 19.2 Å².